The summed E-state index contributed by atoms with van der Waals surface area (Å²) in [7, 11) is -4.33. The average Bonchev–Trinajstić information content (AvgIpc) is 2.34. The summed E-state index contributed by atoms with van der Waals surface area (Å²) >= 11 is 0. The van der Waals surface area contributed by atoms with Gasteiger partial charge in [0.1, 0.15) is 10.1 Å². The first-order valence-electron chi connectivity index (χ1n) is 6.38. The highest BCUT2D eigenvalue weighted by Crippen LogP contribution is 2.20. The second kappa shape index (κ2) is 6.88. The zero-order chi connectivity index (χ0) is 17.9. The van der Waals surface area contributed by atoms with E-state index in [1.54, 1.807) is 26.0 Å². The molecule has 0 aliphatic carbocycles. The van der Waals surface area contributed by atoms with E-state index >= 15 is 0 Å². The van der Waals surface area contributed by atoms with Crippen molar-refractivity contribution in [3.05, 3.63) is 52.7 Å². The Balaban J connectivity index is 0.000000238. The van der Waals surface area contributed by atoms with Crippen molar-refractivity contribution in [2.24, 2.45) is 0 Å². The van der Waals surface area contributed by atoms with Gasteiger partial charge in [0.25, 0.3) is 5.82 Å². The maximum Gasteiger partial charge on any atom is 0.298 e. The van der Waals surface area contributed by atoms with E-state index in [1.807, 2.05) is 6.92 Å². The quantitative estimate of drug-likeness (QED) is 0.456. The molecule has 0 spiro atoms. The van der Waals surface area contributed by atoms with E-state index in [0.29, 0.717) is 11.1 Å². The van der Waals surface area contributed by atoms with E-state index in [4.69, 9.17) is 11.6 Å². The van der Waals surface area contributed by atoms with Crippen molar-refractivity contribution in [1.29, 1.82) is 0 Å². The van der Waals surface area contributed by atoms with Gasteiger partial charge in [0.05, 0.1) is 11.0 Å². The van der Waals surface area contributed by atoms with Crippen molar-refractivity contribution in [3.8, 4) is 0 Å². The van der Waals surface area contributed by atoms with Crippen LogP contribution in [0.1, 0.15) is 16.7 Å². The molecule has 1 aromatic heterocycles. The number of pyridine rings is 1. The van der Waals surface area contributed by atoms with Gasteiger partial charge in [0.15, 0.2) is 12.0 Å². The summed E-state index contributed by atoms with van der Waals surface area (Å²) in [6.45, 7) is 5.12. The van der Waals surface area contributed by atoms with Gasteiger partial charge in [-0.1, -0.05) is 17.7 Å². The van der Waals surface area contributed by atoms with Crippen molar-refractivity contribution in [3.63, 3.8) is 0 Å². The molecule has 6 nitrogen and oxygen atoms in total. The molecule has 0 radical (unpaired) electrons. The van der Waals surface area contributed by atoms with Crippen LogP contribution in [0, 0.1) is 32.4 Å². The lowest BCUT2D eigenvalue weighted by Crippen LogP contribution is -2.47. The highest BCUT2D eigenvalue weighted by atomic mass is 32.2. The van der Waals surface area contributed by atoms with Crippen molar-refractivity contribution in [2.75, 3.05) is 11.6 Å². The number of nitrogen functional groups attached to an aromatic ring is 2. The van der Waals surface area contributed by atoms with E-state index in [0.717, 1.165) is 22.5 Å². The van der Waals surface area contributed by atoms with Gasteiger partial charge in [-0.05, 0) is 31.9 Å². The topological polar surface area (TPSA) is 113 Å². The van der Waals surface area contributed by atoms with Crippen LogP contribution in [0.5, 0.6) is 0 Å². The van der Waals surface area contributed by atoms with Crippen molar-refractivity contribution >= 4 is 15.9 Å². The number of rotatable bonds is 1. The van der Waals surface area contributed by atoms with Crippen LogP contribution in [-0.2, 0) is 10.1 Å². The Bertz CT molecular complexity index is 766. The third kappa shape index (κ3) is 4.86. The van der Waals surface area contributed by atoms with E-state index in [-0.39, 0.29) is 10.7 Å². The molecule has 0 fully saturated rings. The summed E-state index contributed by atoms with van der Waals surface area (Å²) in [5.41, 5.74) is 7.12. The number of nitrogens with zero attached hydrogens (tertiary/aromatic N) is 1. The number of hydrogen-bond acceptors (Lipinski definition) is 5. The second-order valence-electron chi connectivity index (χ2n) is 4.98. The van der Waals surface area contributed by atoms with Crippen LogP contribution in [0.25, 0.3) is 0 Å². The standard InChI is InChI=1S/C9H12O3S.C5H5F2N3/c1-6-4-7(2)9(8(3)5-6)13(10,11)12;6-3-1-5(8)10(9)2-4(3)7/h4-5H,1-3H3,(H,10,11,12);1-2,8H,9H2. The van der Waals surface area contributed by atoms with E-state index in [9.17, 15) is 21.8 Å². The first-order valence-corrected chi connectivity index (χ1v) is 7.79. The minimum absolute atomic E-state index is 0.0288. The van der Waals surface area contributed by atoms with Crippen LogP contribution in [0.4, 0.5) is 14.6 Å². The van der Waals surface area contributed by atoms with E-state index in [1.165, 1.54) is 0 Å². The molecule has 0 saturated carbocycles. The SMILES string of the molecule is Cc1cc(C)c(S(=O)(=O)[O-])c(C)c1.Nc1cc(F)c(F)c[n+]1N. The summed E-state index contributed by atoms with van der Waals surface area (Å²) in [6, 6.07) is 4.20. The van der Waals surface area contributed by atoms with Crippen LogP contribution in [0.15, 0.2) is 29.3 Å². The van der Waals surface area contributed by atoms with Gasteiger partial charge in [-0.2, -0.15) is 4.39 Å². The Morgan fingerprint density at radius 3 is 1.91 bits per heavy atom. The number of hydrogen-bond donors (Lipinski definition) is 2. The average molecular weight is 345 g/mol. The molecular formula is C14H17F2N3O3S. The Morgan fingerprint density at radius 1 is 1.04 bits per heavy atom. The Morgan fingerprint density at radius 2 is 1.52 bits per heavy atom. The predicted octanol–water partition coefficient (Wildman–Crippen LogP) is 1.06. The summed E-state index contributed by atoms with van der Waals surface area (Å²) in [5.74, 6) is 3.03. The molecule has 0 amide bonds. The molecule has 2 rings (SSSR count). The predicted molar refractivity (Wildman–Crippen MR) is 79.7 cm³/mol. The fourth-order valence-electron chi connectivity index (χ4n) is 2.09. The molecule has 0 saturated heterocycles. The molecule has 4 N–H and O–H groups in total. The minimum Gasteiger partial charge on any atom is -0.744 e. The van der Waals surface area contributed by atoms with Gasteiger partial charge in [-0.25, -0.2) is 12.8 Å². The maximum absolute atomic E-state index is 12.2. The number of anilines is 1. The van der Waals surface area contributed by atoms with Crippen LogP contribution in [0.3, 0.4) is 0 Å². The Kier molecular flexibility index (Phi) is 5.62. The first kappa shape index (κ1) is 18.8. The molecule has 0 atom stereocenters. The van der Waals surface area contributed by atoms with Crippen LogP contribution in [-0.4, -0.2) is 13.0 Å². The molecule has 0 aliphatic heterocycles. The molecule has 2 aromatic rings. The van der Waals surface area contributed by atoms with Crippen LogP contribution >= 0.6 is 0 Å². The lowest BCUT2D eigenvalue weighted by atomic mass is 10.1. The summed E-state index contributed by atoms with van der Waals surface area (Å²) in [5, 5.41) is 0. The molecular weight excluding hydrogens is 328 g/mol. The van der Waals surface area contributed by atoms with Crippen LogP contribution in [0.2, 0.25) is 0 Å². The number of halogens is 2. The number of aryl methyl sites for hydroxylation is 3. The zero-order valence-electron chi connectivity index (χ0n) is 12.8. The molecule has 1 heterocycles. The molecule has 0 aliphatic rings. The van der Waals surface area contributed by atoms with E-state index in [2.05, 4.69) is 0 Å². The third-order valence-electron chi connectivity index (χ3n) is 2.91. The summed E-state index contributed by atoms with van der Waals surface area (Å²) < 4.78 is 57.8. The van der Waals surface area contributed by atoms with E-state index < -0.39 is 21.8 Å². The summed E-state index contributed by atoms with van der Waals surface area (Å²) in [6.07, 6.45) is 0.769. The molecule has 126 valence electrons. The Hall–Kier alpha value is -2.26. The van der Waals surface area contributed by atoms with Crippen molar-refractivity contribution in [2.45, 2.75) is 25.7 Å². The van der Waals surface area contributed by atoms with Crippen LogP contribution < -0.4 is 16.3 Å². The van der Waals surface area contributed by atoms with Gasteiger partial charge < -0.3 is 4.55 Å². The van der Waals surface area contributed by atoms with Gasteiger partial charge in [-0.15, -0.1) is 4.68 Å². The van der Waals surface area contributed by atoms with Gasteiger partial charge in [0, 0.05) is 0 Å². The molecule has 0 unspecified atom stereocenters. The van der Waals surface area contributed by atoms with Gasteiger partial charge in [0.2, 0.25) is 5.82 Å². The van der Waals surface area contributed by atoms with Gasteiger partial charge in [-0.3, -0.25) is 11.6 Å². The second-order valence-corrected chi connectivity index (χ2v) is 6.30. The minimum atomic E-state index is -4.33. The highest BCUT2D eigenvalue weighted by molar-refractivity contribution is 7.85. The fraction of sp³-hybridized carbons (Fsp3) is 0.214. The maximum atomic E-state index is 12.2. The normalized spacial score (nSPS) is 10.9. The van der Waals surface area contributed by atoms with Gasteiger partial charge >= 0.3 is 0 Å². The fourth-order valence-corrected chi connectivity index (χ4v) is 3.00. The number of benzene rings is 1. The zero-order valence-corrected chi connectivity index (χ0v) is 13.6. The lowest BCUT2D eigenvalue weighted by molar-refractivity contribution is -0.625. The monoisotopic (exact) mass is 345 g/mol. The first-order chi connectivity index (χ1) is 10.4. The molecule has 0 bridgehead atoms. The Labute approximate surface area is 133 Å². The highest BCUT2D eigenvalue weighted by Gasteiger charge is 2.09. The van der Waals surface area contributed by atoms with Crippen molar-refractivity contribution in [1.82, 2.24) is 0 Å². The molecule has 1 aromatic carbocycles. The smallest absolute Gasteiger partial charge is 0.298 e. The third-order valence-corrected chi connectivity index (χ3v) is 4.05. The van der Waals surface area contributed by atoms with Crippen molar-refractivity contribution < 1.29 is 26.4 Å². The molecule has 23 heavy (non-hydrogen) atoms. The number of nitrogens with two attached hydrogens (primary N) is 2. The summed E-state index contributed by atoms with van der Waals surface area (Å²) in [4.78, 5) is -0.0851. The largest absolute Gasteiger partial charge is 0.744 e. The molecule has 9 heteroatoms. The number of aromatic nitrogens is 1. The lowest BCUT2D eigenvalue weighted by Gasteiger charge is -2.14.